The number of amides is 2. The predicted octanol–water partition coefficient (Wildman–Crippen LogP) is -0.506. The van der Waals surface area contributed by atoms with Crippen molar-refractivity contribution in [3.05, 3.63) is 0 Å². The van der Waals surface area contributed by atoms with Gasteiger partial charge in [-0.2, -0.15) is 0 Å². The standard InChI is InChI=1S/C10H16N2O4/c1-7(13)11-5-2-8(14)12-6-10(3-4-10)9(15)16/h2-6H2,1H3,(H,11,13)(H,12,14)(H,15,16). The maximum absolute atomic E-state index is 11.3. The average Bonchev–Trinajstić information content (AvgIpc) is 2.95. The molecule has 0 heterocycles. The van der Waals surface area contributed by atoms with Crippen molar-refractivity contribution in [3.8, 4) is 0 Å². The molecule has 1 saturated carbocycles. The number of aliphatic carboxylic acids is 1. The number of nitrogens with one attached hydrogen (secondary N) is 2. The Bertz CT molecular complexity index is 310. The van der Waals surface area contributed by atoms with Crippen LogP contribution in [0.1, 0.15) is 26.2 Å². The lowest BCUT2D eigenvalue weighted by Crippen LogP contribution is -2.36. The summed E-state index contributed by atoms with van der Waals surface area (Å²) < 4.78 is 0. The monoisotopic (exact) mass is 228 g/mol. The van der Waals surface area contributed by atoms with Crippen molar-refractivity contribution in [1.82, 2.24) is 10.6 Å². The molecule has 0 radical (unpaired) electrons. The molecule has 0 aromatic rings. The highest BCUT2D eigenvalue weighted by Crippen LogP contribution is 2.45. The van der Waals surface area contributed by atoms with Gasteiger partial charge >= 0.3 is 5.97 Å². The van der Waals surface area contributed by atoms with E-state index in [0.717, 1.165) is 0 Å². The molecular weight excluding hydrogens is 212 g/mol. The van der Waals surface area contributed by atoms with Crippen LogP contribution in [-0.4, -0.2) is 36.0 Å². The third-order valence-corrected chi connectivity index (χ3v) is 2.66. The van der Waals surface area contributed by atoms with E-state index in [1.165, 1.54) is 6.92 Å². The number of hydrogen-bond donors (Lipinski definition) is 3. The zero-order chi connectivity index (χ0) is 12.2. The first kappa shape index (κ1) is 12.5. The van der Waals surface area contributed by atoms with Gasteiger partial charge in [0.2, 0.25) is 11.8 Å². The molecule has 1 rings (SSSR count). The van der Waals surface area contributed by atoms with Crippen LogP contribution in [0.4, 0.5) is 0 Å². The molecule has 0 aromatic heterocycles. The SMILES string of the molecule is CC(=O)NCCC(=O)NCC1(C(=O)O)CC1. The largest absolute Gasteiger partial charge is 0.481 e. The number of carboxylic acids is 1. The molecule has 0 saturated heterocycles. The minimum absolute atomic E-state index is 0.176. The van der Waals surface area contributed by atoms with E-state index in [1.807, 2.05) is 0 Å². The molecule has 0 unspecified atom stereocenters. The first-order valence-corrected chi connectivity index (χ1v) is 5.21. The summed E-state index contributed by atoms with van der Waals surface area (Å²) in [6, 6.07) is 0. The minimum Gasteiger partial charge on any atom is -0.481 e. The van der Waals surface area contributed by atoms with E-state index in [9.17, 15) is 14.4 Å². The van der Waals surface area contributed by atoms with Gasteiger partial charge in [0.15, 0.2) is 0 Å². The molecule has 6 heteroatoms. The summed E-state index contributed by atoms with van der Waals surface area (Å²) in [6.45, 7) is 1.84. The van der Waals surface area contributed by atoms with Gasteiger partial charge < -0.3 is 15.7 Å². The number of rotatable bonds is 6. The van der Waals surface area contributed by atoms with E-state index in [4.69, 9.17) is 5.11 Å². The average molecular weight is 228 g/mol. The summed E-state index contributed by atoms with van der Waals surface area (Å²) in [5.74, 6) is -1.27. The van der Waals surface area contributed by atoms with Crippen molar-refractivity contribution in [2.45, 2.75) is 26.2 Å². The molecule has 16 heavy (non-hydrogen) atoms. The normalized spacial score (nSPS) is 16.3. The van der Waals surface area contributed by atoms with E-state index in [2.05, 4.69) is 10.6 Å². The zero-order valence-corrected chi connectivity index (χ0v) is 9.21. The van der Waals surface area contributed by atoms with Crippen molar-refractivity contribution >= 4 is 17.8 Å². The van der Waals surface area contributed by atoms with E-state index in [0.29, 0.717) is 12.8 Å². The Morgan fingerprint density at radius 2 is 1.88 bits per heavy atom. The Labute approximate surface area is 93.4 Å². The highest BCUT2D eigenvalue weighted by Gasteiger charge is 2.50. The van der Waals surface area contributed by atoms with Crippen LogP contribution in [-0.2, 0) is 14.4 Å². The summed E-state index contributed by atoms with van der Waals surface area (Å²) in [5, 5.41) is 13.9. The Hall–Kier alpha value is -1.59. The molecule has 3 N–H and O–H groups in total. The lowest BCUT2D eigenvalue weighted by atomic mass is 10.1. The van der Waals surface area contributed by atoms with Crippen LogP contribution in [0.3, 0.4) is 0 Å². The van der Waals surface area contributed by atoms with E-state index < -0.39 is 11.4 Å². The second-order valence-corrected chi connectivity index (χ2v) is 4.10. The van der Waals surface area contributed by atoms with Crippen molar-refractivity contribution in [3.63, 3.8) is 0 Å². The molecule has 0 bridgehead atoms. The summed E-state index contributed by atoms with van der Waals surface area (Å²) in [6.07, 6.45) is 1.41. The molecule has 1 aliphatic rings. The Balaban J connectivity index is 2.16. The lowest BCUT2D eigenvalue weighted by Gasteiger charge is -2.10. The Kier molecular flexibility index (Phi) is 3.87. The number of carbonyl (C=O) groups excluding carboxylic acids is 2. The molecular formula is C10H16N2O4. The molecule has 0 aromatic carbocycles. The maximum atomic E-state index is 11.3. The highest BCUT2D eigenvalue weighted by atomic mass is 16.4. The van der Waals surface area contributed by atoms with E-state index >= 15 is 0 Å². The molecule has 2 amide bonds. The summed E-state index contributed by atoms with van der Waals surface area (Å²) in [4.78, 5) is 32.6. The Morgan fingerprint density at radius 1 is 1.25 bits per heavy atom. The van der Waals surface area contributed by atoms with Crippen molar-refractivity contribution < 1.29 is 19.5 Å². The molecule has 1 fully saturated rings. The van der Waals surface area contributed by atoms with Crippen LogP contribution in [0, 0.1) is 5.41 Å². The molecule has 0 aliphatic heterocycles. The fraction of sp³-hybridized carbons (Fsp3) is 0.700. The number of carboxylic acid groups (broad SMARTS) is 1. The van der Waals surface area contributed by atoms with Crippen LogP contribution in [0.5, 0.6) is 0 Å². The zero-order valence-electron chi connectivity index (χ0n) is 9.21. The fourth-order valence-electron chi connectivity index (χ4n) is 1.33. The fourth-order valence-corrected chi connectivity index (χ4v) is 1.33. The van der Waals surface area contributed by atoms with Gasteiger partial charge in [0, 0.05) is 26.4 Å². The van der Waals surface area contributed by atoms with E-state index in [-0.39, 0.29) is 31.3 Å². The van der Waals surface area contributed by atoms with E-state index in [1.54, 1.807) is 0 Å². The quantitative estimate of drug-likeness (QED) is 0.570. The molecule has 1 aliphatic carbocycles. The van der Waals surface area contributed by atoms with Gasteiger partial charge in [-0.25, -0.2) is 0 Å². The van der Waals surface area contributed by atoms with Crippen LogP contribution in [0.15, 0.2) is 0 Å². The Morgan fingerprint density at radius 3 is 2.31 bits per heavy atom. The second kappa shape index (κ2) is 4.96. The minimum atomic E-state index is -0.852. The molecule has 0 atom stereocenters. The second-order valence-electron chi connectivity index (χ2n) is 4.10. The van der Waals surface area contributed by atoms with Gasteiger partial charge in [-0.3, -0.25) is 14.4 Å². The lowest BCUT2D eigenvalue weighted by molar-refractivity contribution is -0.143. The van der Waals surface area contributed by atoms with Gasteiger partial charge in [-0.05, 0) is 12.8 Å². The topological polar surface area (TPSA) is 95.5 Å². The molecule has 90 valence electrons. The first-order valence-electron chi connectivity index (χ1n) is 5.21. The summed E-state index contributed by atoms with van der Waals surface area (Å²) in [5.41, 5.74) is -0.732. The smallest absolute Gasteiger partial charge is 0.311 e. The third-order valence-electron chi connectivity index (χ3n) is 2.66. The summed E-state index contributed by atoms with van der Waals surface area (Å²) in [7, 11) is 0. The van der Waals surface area contributed by atoms with Gasteiger partial charge in [0.1, 0.15) is 0 Å². The van der Waals surface area contributed by atoms with Crippen LogP contribution in [0.2, 0.25) is 0 Å². The number of carbonyl (C=O) groups is 3. The van der Waals surface area contributed by atoms with Crippen molar-refractivity contribution in [2.75, 3.05) is 13.1 Å². The van der Waals surface area contributed by atoms with Gasteiger partial charge in [0.05, 0.1) is 5.41 Å². The van der Waals surface area contributed by atoms with Crippen molar-refractivity contribution in [2.24, 2.45) is 5.41 Å². The number of hydrogen-bond acceptors (Lipinski definition) is 3. The first-order chi connectivity index (χ1) is 7.46. The van der Waals surface area contributed by atoms with Crippen LogP contribution < -0.4 is 10.6 Å². The predicted molar refractivity (Wildman–Crippen MR) is 55.6 cm³/mol. The molecule has 6 nitrogen and oxygen atoms in total. The maximum Gasteiger partial charge on any atom is 0.311 e. The van der Waals surface area contributed by atoms with Crippen LogP contribution in [0.25, 0.3) is 0 Å². The highest BCUT2D eigenvalue weighted by molar-refractivity contribution is 5.81. The third kappa shape index (κ3) is 3.52. The van der Waals surface area contributed by atoms with Gasteiger partial charge in [-0.1, -0.05) is 0 Å². The van der Waals surface area contributed by atoms with Crippen molar-refractivity contribution in [1.29, 1.82) is 0 Å². The van der Waals surface area contributed by atoms with Crippen LogP contribution >= 0.6 is 0 Å². The van der Waals surface area contributed by atoms with Gasteiger partial charge in [-0.15, -0.1) is 0 Å². The molecule has 0 spiro atoms. The van der Waals surface area contributed by atoms with Gasteiger partial charge in [0.25, 0.3) is 0 Å². The summed E-state index contributed by atoms with van der Waals surface area (Å²) >= 11 is 0.